The number of aryl methyl sites for hydroxylation is 1. The van der Waals surface area contributed by atoms with Gasteiger partial charge in [-0.3, -0.25) is 0 Å². The average Bonchev–Trinajstić information content (AvgIpc) is 2.76. The molecule has 17 heavy (non-hydrogen) atoms. The Kier molecular flexibility index (Phi) is 4.35. The first-order valence-corrected chi connectivity index (χ1v) is 6.91. The summed E-state index contributed by atoms with van der Waals surface area (Å²) in [5, 5.41) is 5.49. The van der Waals surface area contributed by atoms with E-state index in [1.807, 2.05) is 18.4 Å². The highest BCUT2D eigenvalue weighted by atomic mass is 32.1. The molecule has 0 saturated carbocycles. The number of benzene rings is 1. The van der Waals surface area contributed by atoms with Gasteiger partial charge in [0.25, 0.3) is 0 Å². The molecule has 90 valence electrons. The van der Waals surface area contributed by atoms with E-state index in [1.54, 1.807) is 0 Å². The van der Waals surface area contributed by atoms with Crippen molar-refractivity contribution in [3.63, 3.8) is 0 Å². The lowest BCUT2D eigenvalue weighted by atomic mass is 9.92. The maximum Gasteiger partial charge on any atom is 0.00464 e. The van der Waals surface area contributed by atoms with Crippen LogP contribution in [0.2, 0.25) is 0 Å². The van der Waals surface area contributed by atoms with Gasteiger partial charge in [-0.2, -0.15) is 0 Å². The first-order chi connectivity index (χ1) is 8.31. The molecule has 0 radical (unpaired) electrons. The number of rotatable bonds is 5. The second-order valence-corrected chi connectivity index (χ2v) is 5.49. The van der Waals surface area contributed by atoms with Crippen LogP contribution in [0.1, 0.15) is 21.9 Å². The topological polar surface area (TPSA) is 12.0 Å². The van der Waals surface area contributed by atoms with E-state index < -0.39 is 0 Å². The van der Waals surface area contributed by atoms with Crippen LogP contribution in [0.5, 0.6) is 0 Å². The van der Waals surface area contributed by atoms with E-state index in [0.717, 1.165) is 13.0 Å². The molecule has 0 bridgehead atoms. The summed E-state index contributed by atoms with van der Waals surface area (Å²) in [5.41, 5.74) is 2.91. The predicted octanol–water partition coefficient (Wildman–Crippen LogP) is 3.60. The number of nitrogens with one attached hydrogen (secondary N) is 1. The molecule has 1 atom stereocenters. The lowest BCUT2D eigenvalue weighted by Crippen LogP contribution is -2.19. The molecule has 2 heteroatoms. The van der Waals surface area contributed by atoms with Gasteiger partial charge in [0.15, 0.2) is 0 Å². The quantitative estimate of drug-likeness (QED) is 0.848. The van der Waals surface area contributed by atoms with Crippen molar-refractivity contribution in [2.45, 2.75) is 19.3 Å². The summed E-state index contributed by atoms with van der Waals surface area (Å²) >= 11 is 1.84. The predicted molar refractivity (Wildman–Crippen MR) is 75.9 cm³/mol. The molecule has 1 aromatic heterocycles. The first-order valence-electron chi connectivity index (χ1n) is 6.03. The van der Waals surface area contributed by atoms with Gasteiger partial charge in [-0.05, 0) is 43.0 Å². The van der Waals surface area contributed by atoms with E-state index >= 15 is 0 Å². The highest BCUT2D eigenvalue weighted by molar-refractivity contribution is 7.10. The molecule has 0 aliphatic rings. The molecule has 0 fully saturated rings. The zero-order valence-corrected chi connectivity index (χ0v) is 11.3. The SMILES string of the molecule is CNCC(Cc1ccsc1C)c1ccccc1. The maximum absolute atomic E-state index is 3.30. The summed E-state index contributed by atoms with van der Waals surface area (Å²) in [4.78, 5) is 1.45. The van der Waals surface area contributed by atoms with Crippen LogP contribution < -0.4 is 5.32 Å². The van der Waals surface area contributed by atoms with Crippen LogP contribution in [0, 0.1) is 6.92 Å². The third-order valence-electron chi connectivity index (χ3n) is 3.15. The molecule has 1 unspecified atom stereocenters. The van der Waals surface area contributed by atoms with Crippen LogP contribution in [0.25, 0.3) is 0 Å². The highest BCUT2D eigenvalue weighted by Gasteiger charge is 2.12. The summed E-state index contributed by atoms with van der Waals surface area (Å²) in [6, 6.07) is 13.0. The van der Waals surface area contributed by atoms with E-state index in [2.05, 4.69) is 54.0 Å². The molecule has 0 aliphatic carbocycles. The zero-order valence-electron chi connectivity index (χ0n) is 10.4. The van der Waals surface area contributed by atoms with Gasteiger partial charge in [-0.25, -0.2) is 0 Å². The summed E-state index contributed by atoms with van der Waals surface area (Å²) in [6.45, 7) is 3.24. The van der Waals surface area contributed by atoms with Crippen molar-refractivity contribution in [1.82, 2.24) is 5.32 Å². The van der Waals surface area contributed by atoms with Gasteiger partial charge in [-0.15, -0.1) is 11.3 Å². The van der Waals surface area contributed by atoms with Gasteiger partial charge in [0.1, 0.15) is 0 Å². The Morgan fingerprint density at radius 3 is 2.53 bits per heavy atom. The van der Waals surface area contributed by atoms with E-state index in [4.69, 9.17) is 0 Å². The van der Waals surface area contributed by atoms with Crippen LogP contribution >= 0.6 is 11.3 Å². The van der Waals surface area contributed by atoms with E-state index in [0.29, 0.717) is 5.92 Å². The van der Waals surface area contributed by atoms with Crippen LogP contribution in [-0.4, -0.2) is 13.6 Å². The van der Waals surface area contributed by atoms with Gasteiger partial charge in [0.05, 0.1) is 0 Å². The number of thiophene rings is 1. The molecule has 1 N–H and O–H groups in total. The van der Waals surface area contributed by atoms with Gasteiger partial charge >= 0.3 is 0 Å². The Hall–Kier alpha value is -1.12. The second kappa shape index (κ2) is 5.99. The van der Waals surface area contributed by atoms with Gasteiger partial charge in [0, 0.05) is 17.3 Å². The Balaban J connectivity index is 2.16. The minimum Gasteiger partial charge on any atom is -0.319 e. The standard InChI is InChI=1S/C15H19NS/c1-12-14(8-9-17-12)10-15(11-16-2)13-6-4-3-5-7-13/h3-9,15-16H,10-11H2,1-2H3. The summed E-state index contributed by atoms with van der Waals surface area (Å²) in [5.74, 6) is 0.564. The summed E-state index contributed by atoms with van der Waals surface area (Å²) in [6.07, 6.45) is 1.13. The minimum atomic E-state index is 0.564. The molecule has 2 aromatic rings. The van der Waals surface area contributed by atoms with Crippen molar-refractivity contribution in [1.29, 1.82) is 0 Å². The second-order valence-electron chi connectivity index (χ2n) is 4.37. The van der Waals surface area contributed by atoms with Crippen molar-refractivity contribution in [2.75, 3.05) is 13.6 Å². The summed E-state index contributed by atoms with van der Waals surface area (Å²) < 4.78 is 0. The van der Waals surface area contributed by atoms with Gasteiger partial charge in [-0.1, -0.05) is 30.3 Å². The molecule has 0 amide bonds. The third kappa shape index (κ3) is 3.18. The third-order valence-corrected chi connectivity index (χ3v) is 4.04. The molecule has 0 spiro atoms. The van der Waals surface area contributed by atoms with Gasteiger partial charge < -0.3 is 5.32 Å². The van der Waals surface area contributed by atoms with Crippen molar-refractivity contribution in [3.8, 4) is 0 Å². The van der Waals surface area contributed by atoms with E-state index in [-0.39, 0.29) is 0 Å². The maximum atomic E-state index is 3.30. The van der Waals surface area contributed by atoms with Gasteiger partial charge in [0.2, 0.25) is 0 Å². The molecular weight excluding hydrogens is 226 g/mol. The Bertz CT molecular complexity index is 447. The van der Waals surface area contributed by atoms with Crippen LogP contribution in [0.4, 0.5) is 0 Å². The van der Waals surface area contributed by atoms with Crippen LogP contribution in [0.3, 0.4) is 0 Å². The fourth-order valence-electron chi connectivity index (χ4n) is 2.17. The lowest BCUT2D eigenvalue weighted by molar-refractivity contribution is 0.625. The Morgan fingerprint density at radius 2 is 1.94 bits per heavy atom. The molecule has 1 heterocycles. The van der Waals surface area contributed by atoms with E-state index in [1.165, 1.54) is 16.0 Å². The number of likely N-dealkylation sites (N-methyl/N-ethyl adjacent to an activating group) is 1. The normalized spacial score (nSPS) is 12.6. The average molecular weight is 245 g/mol. The molecule has 1 aromatic carbocycles. The van der Waals surface area contributed by atoms with Crippen LogP contribution in [0.15, 0.2) is 41.8 Å². The minimum absolute atomic E-state index is 0.564. The molecule has 2 rings (SSSR count). The fourth-order valence-corrected chi connectivity index (χ4v) is 2.91. The number of hydrogen-bond donors (Lipinski definition) is 1. The fraction of sp³-hybridized carbons (Fsp3) is 0.333. The summed E-state index contributed by atoms with van der Waals surface area (Å²) in [7, 11) is 2.02. The van der Waals surface area contributed by atoms with Crippen LogP contribution in [-0.2, 0) is 6.42 Å². The van der Waals surface area contributed by atoms with Crippen molar-refractivity contribution < 1.29 is 0 Å². The number of hydrogen-bond acceptors (Lipinski definition) is 2. The lowest BCUT2D eigenvalue weighted by Gasteiger charge is -2.17. The molecule has 0 saturated heterocycles. The van der Waals surface area contributed by atoms with Crippen molar-refractivity contribution >= 4 is 11.3 Å². The smallest absolute Gasteiger partial charge is 0.00464 e. The molecule has 1 nitrogen and oxygen atoms in total. The highest BCUT2D eigenvalue weighted by Crippen LogP contribution is 2.24. The zero-order chi connectivity index (χ0) is 12.1. The Labute approximate surface area is 108 Å². The van der Waals surface area contributed by atoms with E-state index in [9.17, 15) is 0 Å². The molecular formula is C15H19NS. The molecule has 0 aliphatic heterocycles. The van der Waals surface area contributed by atoms with Crippen molar-refractivity contribution in [2.24, 2.45) is 0 Å². The monoisotopic (exact) mass is 245 g/mol. The first kappa shape index (κ1) is 12.3. The largest absolute Gasteiger partial charge is 0.319 e. The Morgan fingerprint density at radius 1 is 1.18 bits per heavy atom. The van der Waals surface area contributed by atoms with Crippen molar-refractivity contribution in [3.05, 3.63) is 57.8 Å².